The Labute approximate surface area is 107 Å². The summed E-state index contributed by atoms with van der Waals surface area (Å²) in [6.07, 6.45) is -0.361. The topological polar surface area (TPSA) is 78.5 Å². The number of aliphatic hydroxyl groups excluding tert-OH is 1. The zero-order chi connectivity index (χ0) is 13.7. The summed E-state index contributed by atoms with van der Waals surface area (Å²) in [5, 5.41) is 16.5. The summed E-state index contributed by atoms with van der Waals surface area (Å²) in [4.78, 5) is 13.5. The quantitative estimate of drug-likeness (QED) is 0.752. The van der Waals surface area contributed by atoms with E-state index in [9.17, 15) is 9.90 Å². The molecule has 1 amide bonds. The fourth-order valence-corrected chi connectivity index (χ4v) is 1.78. The van der Waals surface area contributed by atoms with Crippen LogP contribution in [0.15, 0.2) is 0 Å². The Bertz CT molecular complexity index is 384. The SMILES string of the molecule is COCC(O)CN(C)C(=O)Cc1c(C)n[nH]c1C. The minimum atomic E-state index is -0.657. The van der Waals surface area contributed by atoms with Crippen molar-refractivity contribution in [1.82, 2.24) is 15.1 Å². The molecule has 1 aromatic rings. The highest BCUT2D eigenvalue weighted by Gasteiger charge is 2.17. The molecule has 102 valence electrons. The molecule has 0 saturated heterocycles. The van der Waals surface area contributed by atoms with Crippen molar-refractivity contribution < 1.29 is 14.6 Å². The van der Waals surface area contributed by atoms with Crippen molar-refractivity contribution >= 4 is 5.91 Å². The van der Waals surface area contributed by atoms with Gasteiger partial charge < -0.3 is 14.7 Å². The second-order valence-corrected chi connectivity index (χ2v) is 4.47. The highest BCUT2D eigenvalue weighted by atomic mass is 16.5. The number of nitrogens with one attached hydrogen (secondary N) is 1. The van der Waals surface area contributed by atoms with E-state index in [-0.39, 0.29) is 19.1 Å². The first-order valence-electron chi connectivity index (χ1n) is 5.87. The minimum absolute atomic E-state index is 0.0437. The fraction of sp³-hybridized carbons (Fsp3) is 0.667. The number of likely N-dealkylation sites (N-methyl/N-ethyl adjacent to an activating group) is 1. The van der Waals surface area contributed by atoms with Gasteiger partial charge in [-0.05, 0) is 13.8 Å². The van der Waals surface area contributed by atoms with Crippen LogP contribution < -0.4 is 0 Å². The molecule has 1 unspecified atom stereocenters. The first-order chi connectivity index (χ1) is 8.45. The summed E-state index contributed by atoms with van der Waals surface area (Å²) >= 11 is 0. The van der Waals surface area contributed by atoms with Gasteiger partial charge in [-0.25, -0.2) is 0 Å². The van der Waals surface area contributed by atoms with Crippen LogP contribution in [0.2, 0.25) is 0 Å². The molecule has 1 atom stereocenters. The average molecular weight is 255 g/mol. The lowest BCUT2D eigenvalue weighted by atomic mass is 10.1. The van der Waals surface area contributed by atoms with Crippen molar-refractivity contribution in [2.45, 2.75) is 26.4 Å². The number of carbonyl (C=O) groups is 1. The molecule has 0 radical (unpaired) electrons. The third-order valence-corrected chi connectivity index (χ3v) is 2.88. The lowest BCUT2D eigenvalue weighted by Gasteiger charge is -2.20. The number of aliphatic hydroxyl groups is 1. The maximum absolute atomic E-state index is 12.0. The summed E-state index contributed by atoms with van der Waals surface area (Å²) in [5.41, 5.74) is 2.67. The predicted molar refractivity (Wildman–Crippen MR) is 67.3 cm³/mol. The van der Waals surface area contributed by atoms with Crippen LogP contribution in [0.5, 0.6) is 0 Å². The van der Waals surface area contributed by atoms with Crippen LogP contribution in [0.25, 0.3) is 0 Å². The van der Waals surface area contributed by atoms with Gasteiger partial charge in [0.1, 0.15) is 0 Å². The molecular weight excluding hydrogens is 234 g/mol. The lowest BCUT2D eigenvalue weighted by molar-refractivity contribution is -0.130. The van der Waals surface area contributed by atoms with E-state index in [2.05, 4.69) is 10.2 Å². The number of aromatic nitrogens is 2. The van der Waals surface area contributed by atoms with Gasteiger partial charge in [0.2, 0.25) is 5.91 Å². The van der Waals surface area contributed by atoms with Gasteiger partial charge >= 0.3 is 0 Å². The maximum Gasteiger partial charge on any atom is 0.226 e. The van der Waals surface area contributed by atoms with E-state index in [0.29, 0.717) is 6.42 Å². The maximum atomic E-state index is 12.0. The highest BCUT2D eigenvalue weighted by Crippen LogP contribution is 2.11. The fourth-order valence-electron chi connectivity index (χ4n) is 1.78. The summed E-state index contributed by atoms with van der Waals surface area (Å²) in [7, 11) is 3.19. The Morgan fingerprint density at radius 2 is 2.22 bits per heavy atom. The van der Waals surface area contributed by atoms with Gasteiger partial charge in [-0.15, -0.1) is 0 Å². The molecule has 0 spiro atoms. The van der Waals surface area contributed by atoms with E-state index in [0.717, 1.165) is 17.0 Å². The summed E-state index contributed by atoms with van der Waals surface area (Å²) in [5.74, 6) is -0.0437. The van der Waals surface area contributed by atoms with Gasteiger partial charge in [0.05, 0.1) is 24.8 Å². The van der Waals surface area contributed by atoms with Crippen molar-refractivity contribution in [2.75, 3.05) is 27.3 Å². The van der Waals surface area contributed by atoms with Crippen molar-refractivity contribution in [1.29, 1.82) is 0 Å². The minimum Gasteiger partial charge on any atom is -0.389 e. The number of rotatable bonds is 6. The molecular formula is C12H21N3O3. The van der Waals surface area contributed by atoms with E-state index >= 15 is 0 Å². The number of amides is 1. The second kappa shape index (κ2) is 6.51. The van der Waals surface area contributed by atoms with Crippen molar-refractivity contribution in [3.8, 4) is 0 Å². The van der Waals surface area contributed by atoms with E-state index in [1.807, 2.05) is 13.8 Å². The molecule has 0 aromatic carbocycles. The van der Waals surface area contributed by atoms with Crippen molar-refractivity contribution in [3.05, 3.63) is 17.0 Å². The Morgan fingerprint density at radius 3 is 2.72 bits per heavy atom. The molecule has 0 bridgehead atoms. The van der Waals surface area contributed by atoms with Crippen LogP contribution in [0, 0.1) is 13.8 Å². The van der Waals surface area contributed by atoms with Gasteiger partial charge in [-0.2, -0.15) is 5.10 Å². The van der Waals surface area contributed by atoms with Gasteiger partial charge in [0.25, 0.3) is 0 Å². The van der Waals surface area contributed by atoms with E-state index < -0.39 is 6.10 Å². The van der Waals surface area contributed by atoms with Crippen LogP contribution in [0.1, 0.15) is 17.0 Å². The molecule has 0 aliphatic heterocycles. The highest BCUT2D eigenvalue weighted by molar-refractivity contribution is 5.79. The first-order valence-corrected chi connectivity index (χ1v) is 5.87. The number of hydrogen-bond donors (Lipinski definition) is 2. The number of hydrogen-bond acceptors (Lipinski definition) is 4. The molecule has 1 rings (SSSR count). The number of methoxy groups -OCH3 is 1. The zero-order valence-electron chi connectivity index (χ0n) is 11.4. The van der Waals surface area contributed by atoms with E-state index in [1.54, 1.807) is 7.05 Å². The van der Waals surface area contributed by atoms with Crippen LogP contribution in [0.4, 0.5) is 0 Å². The molecule has 1 heterocycles. The summed E-state index contributed by atoms with van der Waals surface area (Å²) in [6, 6.07) is 0. The Balaban J connectivity index is 2.55. The number of aryl methyl sites for hydroxylation is 2. The largest absolute Gasteiger partial charge is 0.389 e. The van der Waals surface area contributed by atoms with Gasteiger partial charge in [-0.1, -0.05) is 0 Å². The number of ether oxygens (including phenoxy) is 1. The van der Waals surface area contributed by atoms with Crippen LogP contribution in [-0.2, 0) is 16.0 Å². The van der Waals surface area contributed by atoms with Gasteiger partial charge in [0.15, 0.2) is 0 Å². The molecule has 18 heavy (non-hydrogen) atoms. The number of nitrogens with zero attached hydrogens (tertiary/aromatic N) is 2. The van der Waals surface area contributed by atoms with Crippen LogP contribution in [-0.4, -0.2) is 59.5 Å². The Morgan fingerprint density at radius 1 is 1.56 bits per heavy atom. The first kappa shape index (κ1) is 14.7. The average Bonchev–Trinajstić information content (AvgIpc) is 2.60. The van der Waals surface area contributed by atoms with Crippen molar-refractivity contribution in [3.63, 3.8) is 0 Å². The molecule has 6 heteroatoms. The van der Waals surface area contributed by atoms with Crippen LogP contribution >= 0.6 is 0 Å². The van der Waals surface area contributed by atoms with Gasteiger partial charge in [0, 0.05) is 32.0 Å². The van der Waals surface area contributed by atoms with E-state index in [1.165, 1.54) is 12.0 Å². The van der Waals surface area contributed by atoms with Gasteiger partial charge in [-0.3, -0.25) is 9.89 Å². The summed E-state index contributed by atoms with van der Waals surface area (Å²) < 4.78 is 4.83. The molecule has 2 N–H and O–H groups in total. The standard InChI is InChI=1S/C12H21N3O3/c1-8-11(9(2)14-13-8)5-12(17)15(3)6-10(16)7-18-4/h10,16H,5-7H2,1-4H3,(H,13,14). The monoisotopic (exact) mass is 255 g/mol. The normalized spacial score (nSPS) is 12.5. The molecule has 0 fully saturated rings. The lowest BCUT2D eigenvalue weighted by Crippen LogP contribution is -2.37. The second-order valence-electron chi connectivity index (χ2n) is 4.47. The molecule has 0 saturated carbocycles. The number of H-pyrrole nitrogens is 1. The molecule has 6 nitrogen and oxygen atoms in total. The van der Waals surface area contributed by atoms with Crippen molar-refractivity contribution in [2.24, 2.45) is 0 Å². The van der Waals surface area contributed by atoms with Crippen LogP contribution in [0.3, 0.4) is 0 Å². The Kier molecular flexibility index (Phi) is 5.30. The van der Waals surface area contributed by atoms with E-state index in [4.69, 9.17) is 4.74 Å². The smallest absolute Gasteiger partial charge is 0.226 e. The number of aromatic amines is 1. The number of carbonyl (C=O) groups excluding carboxylic acids is 1. The third-order valence-electron chi connectivity index (χ3n) is 2.88. The molecule has 0 aliphatic carbocycles. The molecule has 0 aliphatic rings. The predicted octanol–water partition coefficient (Wildman–Crippen LogP) is 0.0347. The molecule has 1 aromatic heterocycles. The Hall–Kier alpha value is -1.40. The third kappa shape index (κ3) is 3.82. The zero-order valence-corrected chi connectivity index (χ0v) is 11.4. The summed E-state index contributed by atoms with van der Waals surface area (Å²) in [6.45, 7) is 4.25.